The first-order valence-corrected chi connectivity index (χ1v) is 8.69. The van der Waals surface area contributed by atoms with Crippen molar-refractivity contribution >= 4 is 11.8 Å². The zero-order valence-corrected chi connectivity index (χ0v) is 15.7. The molecule has 0 spiro atoms. The second kappa shape index (κ2) is 9.04. The van der Waals surface area contributed by atoms with E-state index in [-0.39, 0.29) is 17.7 Å². The lowest BCUT2D eigenvalue weighted by Crippen LogP contribution is -2.49. The van der Waals surface area contributed by atoms with Gasteiger partial charge in [0, 0.05) is 6.54 Å². The number of para-hydroxylation sites is 1. The number of aryl methyl sites for hydroxylation is 1. The maximum atomic E-state index is 12.6. The van der Waals surface area contributed by atoms with E-state index in [4.69, 9.17) is 4.74 Å². The molecule has 5 heteroatoms. The van der Waals surface area contributed by atoms with Gasteiger partial charge in [-0.1, -0.05) is 55.8 Å². The lowest BCUT2D eigenvalue weighted by molar-refractivity contribution is -0.124. The van der Waals surface area contributed by atoms with E-state index in [0.717, 1.165) is 11.1 Å². The van der Waals surface area contributed by atoms with Crippen LogP contribution in [0.4, 0.5) is 0 Å². The van der Waals surface area contributed by atoms with Crippen LogP contribution in [0, 0.1) is 12.8 Å². The lowest BCUT2D eigenvalue weighted by Gasteiger charge is -2.22. The van der Waals surface area contributed by atoms with Crippen LogP contribution in [-0.4, -0.2) is 25.0 Å². The molecule has 0 bridgehead atoms. The molecule has 1 unspecified atom stereocenters. The van der Waals surface area contributed by atoms with Gasteiger partial charge in [0.05, 0.1) is 12.7 Å². The van der Waals surface area contributed by atoms with Crippen molar-refractivity contribution in [2.24, 2.45) is 5.92 Å². The Hall–Kier alpha value is -2.82. The van der Waals surface area contributed by atoms with Gasteiger partial charge in [-0.05, 0) is 30.5 Å². The molecule has 0 aliphatic carbocycles. The fourth-order valence-electron chi connectivity index (χ4n) is 2.71. The number of amides is 2. The van der Waals surface area contributed by atoms with Crippen molar-refractivity contribution in [3.63, 3.8) is 0 Å². The molecule has 1 atom stereocenters. The third-order valence-corrected chi connectivity index (χ3v) is 4.14. The second-order valence-electron chi connectivity index (χ2n) is 6.60. The molecule has 0 radical (unpaired) electrons. The summed E-state index contributed by atoms with van der Waals surface area (Å²) in [7, 11) is 1.51. The average Bonchev–Trinajstić information content (AvgIpc) is 2.63. The normalized spacial score (nSPS) is 11.7. The SMILES string of the molecule is COc1ccccc1C(=O)NC(C(=O)NCc1cccc(C)c1)C(C)C. The Balaban J connectivity index is 2.05. The number of ether oxygens (including phenoxy) is 1. The summed E-state index contributed by atoms with van der Waals surface area (Å²) in [6.07, 6.45) is 0. The van der Waals surface area contributed by atoms with E-state index in [9.17, 15) is 9.59 Å². The number of carbonyl (C=O) groups excluding carboxylic acids is 2. The van der Waals surface area contributed by atoms with Gasteiger partial charge in [-0.25, -0.2) is 0 Å². The van der Waals surface area contributed by atoms with Gasteiger partial charge in [0.1, 0.15) is 11.8 Å². The zero-order chi connectivity index (χ0) is 19.1. The van der Waals surface area contributed by atoms with Crippen molar-refractivity contribution in [2.75, 3.05) is 7.11 Å². The van der Waals surface area contributed by atoms with Gasteiger partial charge in [0.2, 0.25) is 5.91 Å². The minimum atomic E-state index is -0.628. The van der Waals surface area contributed by atoms with Crippen molar-refractivity contribution in [2.45, 2.75) is 33.4 Å². The van der Waals surface area contributed by atoms with E-state index in [2.05, 4.69) is 10.6 Å². The van der Waals surface area contributed by atoms with Gasteiger partial charge in [0.15, 0.2) is 0 Å². The first-order chi connectivity index (χ1) is 12.4. The minimum absolute atomic E-state index is 0.0498. The topological polar surface area (TPSA) is 67.4 Å². The zero-order valence-electron chi connectivity index (χ0n) is 15.7. The fourth-order valence-corrected chi connectivity index (χ4v) is 2.71. The summed E-state index contributed by atoms with van der Waals surface area (Å²) in [6, 6.07) is 14.3. The molecule has 0 aromatic heterocycles. The Morgan fingerprint density at radius 3 is 2.46 bits per heavy atom. The Bertz CT molecular complexity index is 771. The molecule has 0 aliphatic heterocycles. The third kappa shape index (κ3) is 5.09. The van der Waals surface area contributed by atoms with E-state index in [1.807, 2.05) is 45.0 Å². The smallest absolute Gasteiger partial charge is 0.255 e. The predicted molar refractivity (Wildman–Crippen MR) is 102 cm³/mol. The average molecular weight is 354 g/mol. The molecule has 5 nitrogen and oxygen atoms in total. The van der Waals surface area contributed by atoms with E-state index in [0.29, 0.717) is 17.9 Å². The molecule has 2 aromatic rings. The monoisotopic (exact) mass is 354 g/mol. The summed E-state index contributed by atoms with van der Waals surface area (Å²) in [5.74, 6) is -0.101. The van der Waals surface area contributed by atoms with E-state index < -0.39 is 6.04 Å². The molecule has 2 amide bonds. The molecule has 26 heavy (non-hydrogen) atoms. The van der Waals surface area contributed by atoms with Crippen LogP contribution in [0.2, 0.25) is 0 Å². The number of benzene rings is 2. The number of nitrogens with one attached hydrogen (secondary N) is 2. The predicted octanol–water partition coefficient (Wildman–Crippen LogP) is 3.07. The number of methoxy groups -OCH3 is 1. The van der Waals surface area contributed by atoms with Gasteiger partial charge < -0.3 is 15.4 Å². The Labute approximate surface area is 154 Å². The molecule has 0 heterocycles. The molecule has 2 N–H and O–H groups in total. The van der Waals surface area contributed by atoms with Crippen molar-refractivity contribution in [1.82, 2.24) is 10.6 Å². The van der Waals surface area contributed by atoms with Crippen LogP contribution >= 0.6 is 0 Å². The van der Waals surface area contributed by atoms with Crippen LogP contribution in [0.25, 0.3) is 0 Å². The molecule has 138 valence electrons. The highest BCUT2D eigenvalue weighted by Crippen LogP contribution is 2.17. The van der Waals surface area contributed by atoms with Crippen LogP contribution in [0.5, 0.6) is 5.75 Å². The number of rotatable bonds is 7. The van der Waals surface area contributed by atoms with Crippen LogP contribution in [0.15, 0.2) is 48.5 Å². The van der Waals surface area contributed by atoms with Crippen molar-refractivity contribution in [1.29, 1.82) is 0 Å². The molecule has 0 aliphatic rings. The first-order valence-electron chi connectivity index (χ1n) is 8.69. The van der Waals surface area contributed by atoms with Crippen molar-refractivity contribution in [3.05, 3.63) is 65.2 Å². The molecule has 0 fully saturated rings. The maximum Gasteiger partial charge on any atom is 0.255 e. The summed E-state index contributed by atoms with van der Waals surface area (Å²) in [6.45, 7) is 6.24. The van der Waals surface area contributed by atoms with E-state index >= 15 is 0 Å². The van der Waals surface area contributed by atoms with Crippen LogP contribution in [0.3, 0.4) is 0 Å². The van der Waals surface area contributed by atoms with Crippen LogP contribution in [-0.2, 0) is 11.3 Å². The van der Waals surface area contributed by atoms with E-state index in [1.54, 1.807) is 24.3 Å². The highest BCUT2D eigenvalue weighted by Gasteiger charge is 2.25. The number of hydrogen-bond acceptors (Lipinski definition) is 3. The molecular formula is C21H26N2O3. The molecule has 0 saturated heterocycles. The lowest BCUT2D eigenvalue weighted by atomic mass is 10.0. The van der Waals surface area contributed by atoms with Gasteiger partial charge in [-0.3, -0.25) is 9.59 Å². The third-order valence-electron chi connectivity index (χ3n) is 4.14. The van der Waals surface area contributed by atoms with Crippen LogP contribution in [0.1, 0.15) is 35.3 Å². The summed E-state index contributed by atoms with van der Waals surface area (Å²) < 4.78 is 5.22. The number of carbonyl (C=O) groups is 2. The molecule has 0 saturated carbocycles. The maximum absolute atomic E-state index is 12.6. The Morgan fingerprint density at radius 1 is 1.08 bits per heavy atom. The summed E-state index contributed by atoms with van der Waals surface area (Å²) in [5.41, 5.74) is 2.57. The van der Waals surface area contributed by atoms with E-state index in [1.165, 1.54) is 7.11 Å². The van der Waals surface area contributed by atoms with Crippen molar-refractivity contribution < 1.29 is 14.3 Å². The van der Waals surface area contributed by atoms with Crippen molar-refractivity contribution in [3.8, 4) is 5.75 Å². The standard InChI is InChI=1S/C21H26N2O3/c1-14(2)19(21(25)22-13-16-9-7-8-15(3)12-16)23-20(24)17-10-5-6-11-18(17)26-4/h5-12,14,19H,13H2,1-4H3,(H,22,25)(H,23,24). The number of hydrogen-bond donors (Lipinski definition) is 2. The molecular weight excluding hydrogens is 328 g/mol. The molecule has 2 aromatic carbocycles. The summed E-state index contributed by atoms with van der Waals surface area (Å²) in [4.78, 5) is 25.2. The minimum Gasteiger partial charge on any atom is -0.496 e. The fraction of sp³-hybridized carbons (Fsp3) is 0.333. The highest BCUT2D eigenvalue weighted by atomic mass is 16.5. The summed E-state index contributed by atoms with van der Waals surface area (Å²) >= 11 is 0. The summed E-state index contributed by atoms with van der Waals surface area (Å²) in [5, 5.41) is 5.73. The second-order valence-corrected chi connectivity index (χ2v) is 6.60. The van der Waals surface area contributed by atoms with Gasteiger partial charge >= 0.3 is 0 Å². The first kappa shape index (κ1) is 19.5. The van der Waals surface area contributed by atoms with Gasteiger partial charge in [-0.15, -0.1) is 0 Å². The Morgan fingerprint density at radius 2 is 1.81 bits per heavy atom. The Kier molecular flexibility index (Phi) is 6.78. The van der Waals surface area contributed by atoms with Gasteiger partial charge in [0.25, 0.3) is 5.91 Å². The largest absolute Gasteiger partial charge is 0.496 e. The highest BCUT2D eigenvalue weighted by molar-refractivity contribution is 5.99. The quantitative estimate of drug-likeness (QED) is 0.803. The van der Waals surface area contributed by atoms with Gasteiger partial charge in [-0.2, -0.15) is 0 Å². The molecule has 2 rings (SSSR count). The van der Waals surface area contributed by atoms with Crippen LogP contribution < -0.4 is 15.4 Å².